The standard InChI is InChI=1S/C16H19N5O2S/c22-15(13-9-24-10-20-13)19-6-14-12-7-21(5-2-11(12)8-23-14)16-17-3-1-4-18-16/h1,3-4,9-12,14H,2,5-8H2,(H,19,22)/t11-,12-,14+/m1/s1. The monoisotopic (exact) mass is 345 g/mol. The van der Waals surface area contributed by atoms with Crippen LogP contribution in [0.15, 0.2) is 29.4 Å². The predicted molar refractivity (Wildman–Crippen MR) is 90.0 cm³/mol. The number of fused-ring (bicyclic) bond motifs is 1. The van der Waals surface area contributed by atoms with Crippen LogP contribution in [0.5, 0.6) is 0 Å². The Balaban J connectivity index is 1.38. The third-order valence-electron chi connectivity index (χ3n) is 4.77. The van der Waals surface area contributed by atoms with Gasteiger partial charge in [0, 0.05) is 43.3 Å². The number of nitrogens with one attached hydrogen (secondary N) is 1. The Morgan fingerprint density at radius 2 is 2.25 bits per heavy atom. The molecule has 1 N–H and O–H groups in total. The third kappa shape index (κ3) is 3.11. The minimum Gasteiger partial charge on any atom is -0.376 e. The minimum absolute atomic E-state index is 0.0316. The lowest BCUT2D eigenvalue weighted by Gasteiger charge is -2.35. The SMILES string of the molecule is O=C(NC[C@@H]1OC[C@H]2CCN(c3ncccn3)C[C@H]21)c1cscn1. The van der Waals surface area contributed by atoms with Crippen LogP contribution < -0.4 is 10.2 Å². The maximum atomic E-state index is 12.1. The first-order chi connectivity index (χ1) is 11.8. The fourth-order valence-electron chi connectivity index (χ4n) is 3.48. The molecule has 3 atom stereocenters. The normalized spacial score (nSPS) is 26.2. The summed E-state index contributed by atoms with van der Waals surface area (Å²) in [5.74, 6) is 1.57. The van der Waals surface area contributed by atoms with Crippen molar-refractivity contribution in [2.45, 2.75) is 12.5 Å². The first-order valence-electron chi connectivity index (χ1n) is 8.11. The molecule has 0 unspecified atom stereocenters. The number of hydrogen-bond acceptors (Lipinski definition) is 7. The highest BCUT2D eigenvalue weighted by Gasteiger charge is 2.41. The largest absolute Gasteiger partial charge is 0.376 e. The number of ether oxygens (including phenoxy) is 1. The van der Waals surface area contributed by atoms with Crippen LogP contribution >= 0.6 is 11.3 Å². The van der Waals surface area contributed by atoms with Crippen LogP contribution in [0, 0.1) is 11.8 Å². The molecule has 2 aliphatic heterocycles. The highest BCUT2D eigenvalue weighted by Crippen LogP contribution is 2.34. The number of nitrogens with zero attached hydrogens (tertiary/aromatic N) is 4. The van der Waals surface area contributed by atoms with Gasteiger partial charge in [-0.05, 0) is 18.4 Å². The number of amides is 1. The number of hydrogen-bond donors (Lipinski definition) is 1. The van der Waals surface area contributed by atoms with Crippen molar-refractivity contribution in [1.29, 1.82) is 0 Å². The zero-order chi connectivity index (χ0) is 16.4. The highest BCUT2D eigenvalue weighted by atomic mass is 32.1. The maximum absolute atomic E-state index is 12.1. The fourth-order valence-corrected chi connectivity index (χ4v) is 4.02. The Labute approximate surface area is 144 Å². The molecule has 2 aromatic rings. The molecule has 0 aromatic carbocycles. The number of rotatable bonds is 4. The van der Waals surface area contributed by atoms with Crippen molar-refractivity contribution < 1.29 is 9.53 Å². The molecule has 0 spiro atoms. The molecule has 4 rings (SSSR count). The van der Waals surface area contributed by atoms with Gasteiger partial charge in [-0.3, -0.25) is 4.79 Å². The van der Waals surface area contributed by atoms with Gasteiger partial charge in [0.25, 0.3) is 5.91 Å². The zero-order valence-electron chi connectivity index (χ0n) is 13.2. The average molecular weight is 345 g/mol. The summed E-state index contributed by atoms with van der Waals surface area (Å²) in [5, 5.41) is 4.70. The van der Waals surface area contributed by atoms with Crippen molar-refractivity contribution in [2.24, 2.45) is 11.8 Å². The van der Waals surface area contributed by atoms with Crippen LogP contribution in [-0.2, 0) is 4.74 Å². The van der Waals surface area contributed by atoms with Crippen LogP contribution in [0.25, 0.3) is 0 Å². The van der Waals surface area contributed by atoms with Crippen LogP contribution in [0.3, 0.4) is 0 Å². The van der Waals surface area contributed by atoms with Gasteiger partial charge < -0.3 is 15.0 Å². The van der Waals surface area contributed by atoms with Crippen LogP contribution in [0.1, 0.15) is 16.9 Å². The van der Waals surface area contributed by atoms with Gasteiger partial charge in [-0.2, -0.15) is 0 Å². The smallest absolute Gasteiger partial charge is 0.270 e. The van der Waals surface area contributed by atoms with Gasteiger partial charge in [0.05, 0.1) is 18.2 Å². The summed E-state index contributed by atoms with van der Waals surface area (Å²) in [5.41, 5.74) is 2.13. The van der Waals surface area contributed by atoms with Crippen molar-refractivity contribution in [1.82, 2.24) is 20.3 Å². The van der Waals surface area contributed by atoms with E-state index >= 15 is 0 Å². The molecular weight excluding hydrogens is 326 g/mol. The molecular formula is C16H19N5O2S. The zero-order valence-corrected chi connectivity index (χ0v) is 14.0. The predicted octanol–water partition coefficient (Wildman–Crippen LogP) is 1.20. The second-order valence-electron chi connectivity index (χ2n) is 6.16. The molecule has 4 heterocycles. The number of carbonyl (C=O) groups is 1. The van der Waals surface area contributed by atoms with E-state index in [-0.39, 0.29) is 12.0 Å². The summed E-state index contributed by atoms with van der Waals surface area (Å²) >= 11 is 1.42. The van der Waals surface area contributed by atoms with E-state index in [1.54, 1.807) is 23.3 Å². The average Bonchev–Trinajstić information content (AvgIpc) is 3.30. The van der Waals surface area contributed by atoms with Gasteiger partial charge in [-0.25, -0.2) is 15.0 Å². The van der Waals surface area contributed by atoms with E-state index in [1.165, 1.54) is 11.3 Å². The lowest BCUT2D eigenvalue weighted by atomic mass is 9.84. The summed E-state index contributed by atoms with van der Waals surface area (Å²) in [6.07, 6.45) is 4.64. The van der Waals surface area contributed by atoms with E-state index in [2.05, 4.69) is 25.2 Å². The van der Waals surface area contributed by atoms with E-state index in [0.717, 1.165) is 32.1 Å². The molecule has 0 saturated carbocycles. The Morgan fingerprint density at radius 1 is 1.38 bits per heavy atom. The van der Waals surface area contributed by atoms with E-state index in [1.807, 2.05) is 6.07 Å². The van der Waals surface area contributed by atoms with Crippen molar-refractivity contribution in [3.63, 3.8) is 0 Å². The molecule has 8 heteroatoms. The summed E-state index contributed by atoms with van der Waals surface area (Å²) in [6.45, 7) is 3.10. The Kier molecular flexibility index (Phi) is 4.40. The summed E-state index contributed by atoms with van der Waals surface area (Å²) in [4.78, 5) is 27.0. The molecule has 7 nitrogen and oxygen atoms in total. The lowest BCUT2D eigenvalue weighted by molar-refractivity contribution is 0.0780. The number of thiazole rings is 1. The molecule has 126 valence electrons. The quantitative estimate of drug-likeness (QED) is 0.897. The minimum atomic E-state index is -0.137. The van der Waals surface area contributed by atoms with Crippen molar-refractivity contribution in [3.8, 4) is 0 Å². The van der Waals surface area contributed by atoms with E-state index in [9.17, 15) is 4.79 Å². The van der Waals surface area contributed by atoms with E-state index < -0.39 is 0 Å². The molecule has 0 radical (unpaired) electrons. The van der Waals surface area contributed by atoms with Crippen LogP contribution in [0.4, 0.5) is 5.95 Å². The van der Waals surface area contributed by atoms with Crippen LogP contribution in [0.2, 0.25) is 0 Å². The van der Waals surface area contributed by atoms with Gasteiger partial charge in [-0.1, -0.05) is 0 Å². The number of carbonyl (C=O) groups excluding carboxylic acids is 1. The highest BCUT2D eigenvalue weighted by molar-refractivity contribution is 7.07. The Bertz CT molecular complexity index is 681. The van der Waals surface area contributed by atoms with Gasteiger partial charge >= 0.3 is 0 Å². The van der Waals surface area contributed by atoms with Crippen molar-refractivity contribution >= 4 is 23.2 Å². The molecule has 2 saturated heterocycles. The van der Waals surface area contributed by atoms with Gasteiger partial charge in [0.1, 0.15) is 5.69 Å². The van der Waals surface area contributed by atoms with Crippen molar-refractivity contribution in [2.75, 3.05) is 31.1 Å². The van der Waals surface area contributed by atoms with E-state index in [0.29, 0.717) is 24.1 Å². The Morgan fingerprint density at radius 3 is 3.04 bits per heavy atom. The second-order valence-corrected chi connectivity index (χ2v) is 6.88. The molecule has 24 heavy (non-hydrogen) atoms. The number of anilines is 1. The first kappa shape index (κ1) is 15.5. The van der Waals surface area contributed by atoms with Crippen molar-refractivity contribution in [3.05, 3.63) is 35.0 Å². The molecule has 0 bridgehead atoms. The second kappa shape index (κ2) is 6.82. The third-order valence-corrected chi connectivity index (χ3v) is 5.36. The summed E-state index contributed by atoms with van der Waals surface area (Å²) in [6, 6.07) is 1.83. The molecule has 2 aliphatic rings. The Hall–Kier alpha value is -2.06. The molecule has 2 fully saturated rings. The summed E-state index contributed by atoms with van der Waals surface area (Å²) in [7, 11) is 0. The topological polar surface area (TPSA) is 80.2 Å². The van der Waals surface area contributed by atoms with Crippen LogP contribution in [-0.4, -0.2) is 53.2 Å². The number of aromatic nitrogens is 3. The van der Waals surface area contributed by atoms with Gasteiger partial charge in [0.2, 0.25) is 5.95 Å². The number of piperidine rings is 1. The molecule has 1 amide bonds. The first-order valence-corrected chi connectivity index (χ1v) is 9.05. The van der Waals surface area contributed by atoms with Gasteiger partial charge in [-0.15, -0.1) is 11.3 Å². The molecule has 0 aliphatic carbocycles. The lowest BCUT2D eigenvalue weighted by Crippen LogP contribution is -2.46. The summed E-state index contributed by atoms with van der Waals surface area (Å²) < 4.78 is 5.95. The van der Waals surface area contributed by atoms with Gasteiger partial charge in [0.15, 0.2) is 0 Å². The van der Waals surface area contributed by atoms with E-state index in [4.69, 9.17) is 4.74 Å². The fraction of sp³-hybridized carbons (Fsp3) is 0.500. The molecule has 2 aromatic heterocycles. The maximum Gasteiger partial charge on any atom is 0.270 e.